The first-order chi connectivity index (χ1) is 13.4. The maximum absolute atomic E-state index is 11.0. The van der Waals surface area contributed by atoms with Crippen LogP contribution >= 0.6 is 23.5 Å². The lowest BCUT2D eigenvalue weighted by Crippen LogP contribution is -2.21. The van der Waals surface area contributed by atoms with Gasteiger partial charge in [-0.3, -0.25) is 4.79 Å². The maximum atomic E-state index is 11.0. The van der Waals surface area contributed by atoms with Crippen LogP contribution in [0.3, 0.4) is 0 Å². The highest BCUT2D eigenvalue weighted by Crippen LogP contribution is 2.27. The van der Waals surface area contributed by atoms with Crippen LogP contribution in [0.4, 0.5) is 0 Å². The van der Waals surface area contributed by atoms with Crippen molar-refractivity contribution in [2.75, 3.05) is 5.75 Å². The third-order valence-corrected chi connectivity index (χ3v) is 6.66. The topological polar surface area (TPSA) is 63.3 Å². The molecular weight excluding hydrogens is 374 g/mol. The molecule has 0 heterocycles. The Bertz CT molecular complexity index is 698. The Hall–Kier alpha value is -1.43. The molecule has 0 aliphatic carbocycles. The standard InChI is InChI=1S/C22H29NO2S2/c23-22(25)15-20(24)11-12-21(27-17-19-9-5-2-6-10-19)13-14-26-16-18-7-3-1-4-8-18/h1-10,20-21,24H,11-17H2,(H2,23,25)/i20D. The van der Waals surface area contributed by atoms with E-state index in [2.05, 4.69) is 36.4 Å². The molecule has 2 atom stereocenters. The highest BCUT2D eigenvalue weighted by Gasteiger charge is 2.14. The summed E-state index contributed by atoms with van der Waals surface area (Å²) in [6.07, 6.45) is -0.134. The molecule has 0 spiro atoms. The molecule has 146 valence electrons. The molecule has 2 rings (SSSR count). The average molecular weight is 405 g/mol. The molecule has 0 aliphatic rings. The van der Waals surface area contributed by atoms with Crippen molar-refractivity contribution in [1.82, 2.24) is 0 Å². The first kappa shape index (κ1) is 20.3. The van der Waals surface area contributed by atoms with Gasteiger partial charge in [-0.25, -0.2) is 0 Å². The molecule has 1 amide bonds. The summed E-state index contributed by atoms with van der Waals surface area (Å²) >= 11 is 3.76. The number of hydrogen-bond acceptors (Lipinski definition) is 4. The number of primary amides is 1. The zero-order valence-corrected chi connectivity index (χ0v) is 17.2. The second-order valence-corrected chi connectivity index (χ2v) is 8.89. The zero-order valence-electron chi connectivity index (χ0n) is 16.5. The Morgan fingerprint density at radius 2 is 1.56 bits per heavy atom. The second kappa shape index (κ2) is 12.9. The number of rotatable bonds is 13. The summed E-state index contributed by atoms with van der Waals surface area (Å²) in [5, 5.41) is 10.4. The lowest BCUT2D eigenvalue weighted by Gasteiger charge is -2.18. The largest absolute Gasteiger partial charge is 0.393 e. The molecule has 0 aromatic heterocycles. The molecule has 0 saturated heterocycles. The van der Waals surface area contributed by atoms with Gasteiger partial charge in [0.2, 0.25) is 5.91 Å². The fraction of sp³-hybridized carbons (Fsp3) is 0.409. The third-order valence-electron chi connectivity index (χ3n) is 4.16. The van der Waals surface area contributed by atoms with Gasteiger partial charge in [-0.2, -0.15) is 23.5 Å². The number of amides is 1. The predicted molar refractivity (Wildman–Crippen MR) is 118 cm³/mol. The Balaban J connectivity index is 1.82. The number of nitrogens with two attached hydrogens (primary N) is 1. The zero-order chi connectivity index (χ0) is 20.2. The molecule has 3 N–H and O–H groups in total. The SMILES string of the molecule is [2H]C(O)(CCC(CCSCc1ccccc1)SCc1ccccc1)CC(N)=O. The summed E-state index contributed by atoms with van der Waals surface area (Å²) in [6.45, 7) is 0. The van der Waals surface area contributed by atoms with Crippen LogP contribution < -0.4 is 5.73 Å². The van der Waals surface area contributed by atoms with Gasteiger partial charge < -0.3 is 10.8 Å². The molecule has 2 aromatic rings. The quantitative estimate of drug-likeness (QED) is 0.478. The number of benzene rings is 2. The van der Waals surface area contributed by atoms with Gasteiger partial charge >= 0.3 is 0 Å². The molecule has 0 aliphatic heterocycles. The molecule has 2 unspecified atom stereocenters. The molecule has 27 heavy (non-hydrogen) atoms. The van der Waals surface area contributed by atoms with Crippen LogP contribution in [0, 0.1) is 0 Å². The summed E-state index contributed by atoms with van der Waals surface area (Å²) < 4.78 is 7.91. The highest BCUT2D eigenvalue weighted by molar-refractivity contribution is 7.99. The number of hydrogen-bond donors (Lipinski definition) is 2. The first-order valence-electron chi connectivity index (χ1n) is 9.72. The Morgan fingerprint density at radius 3 is 2.15 bits per heavy atom. The molecule has 2 aromatic carbocycles. The lowest BCUT2D eigenvalue weighted by molar-refractivity contribution is -0.119. The summed E-state index contributed by atoms with van der Waals surface area (Å²) in [5.74, 6) is 2.28. The van der Waals surface area contributed by atoms with E-state index in [1.165, 1.54) is 11.1 Å². The van der Waals surface area contributed by atoms with Crippen LogP contribution in [0.5, 0.6) is 0 Å². The van der Waals surface area contributed by atoms with E-state index in [0.29, 0.717) is 11.7 Å². The van der Waals surface area contributed by atoms with Gasteiger partial charge in [0.15, 0.2) is 0 Å². The fourth-order valence-electron chi connectivity index (χ4n) is 2.70. The average Bonchev–Trinajstić information content (AvgIpc) is 2.67. The van der Waals surface area contributed by atoms with E-state index < -0.39 is 12.0 Å². The lowest BCUT2D eigenvalue weighted by atomic mass is 10.1. The molecule has 5 heteroatoms. The van der Waals surface area contributed by atoms with Crippen LogP contribution in [0.1, 0.15) is 38.2 Å². The van der Waals surface area contributed by atoms with Gasteiger partial charge in [-0.15, -0.1) is 0 Å². The van der Waals surface area contributed by atoms with Crippen molar-refractivity contribution in [2.45, 2.75) is 48.5 Å². The Kier molecular flexibility index (Phi) is 9.68. The monoisotopic (exact) mass is 404 g/mol. The highest BCUT2D eigenvalue weighted by atomic mass is 32.2. The molecule has 0 fully saturated rings. The van der Waals surface area contributed by atoms with E-state index >= 15 is 0 Å². The minimum atomic E-state index is -1.77. The van der Waals surface area contributed by atoms with Crippen molar-refractivity contribution in [2.24, 2.45) is 5.73 Å². The second-order valence-electron chi connectivity index (χ2n) is 6.49. The van der Waals surface area contributed by atoms with Crippen molar-refractivity contribution in [3.8, 4) is 0 Å². The third kappa shape index (κ3) is 9.89. The number of carbonyl (C=O) groups is 1. The maximum Gasteiger partial charge on any atom is 0.220 e. The van der Waals surface area contributed by atoms with Gasteiger partial charge in [0.25, 0.3) is 0 Å². The molecular formula is C22H29NO2S2. The molecule has 3 nitrogen and oxygen atoms in total. The van der Waals surface area contributed by atoms with Gasteiger partial charge in [-0.1, -0.05) is 60.7 Å². The Morgan fingerprint density at radius 1 is 0.963 bits per heavy atom. The molecule has 0 bridgehead atoms. The smallest absolute Gasteiger partial charge is 0.220 e. The number of thioether (sulfide) groups is 2. The van der Waals surface area contributed by atoms with E-state index in [1.807, 2.05) is 47.8 Å². The van der Waals surface area contributed by atoms with Crippen LogP contribution in [-0.4, -0.2) is 28.1 Å². The van der Waals surface area contributed by atoms with Gasteiger partial charge in [0, 0.05) is 16.8 Å². The minimum absolute atomic E-state index is 0.256. The van der Waals surface area contributed by atoms with Crippen molar-refractivity contribution in [3.63, 3.8) is 0 Å². The summed E-state index contributed by atoms with van der Waals surface area (Å²) in [6, 6.07) is 20.7. The van der Waals surface area contributed by atoms with Crippen LogP contribution in [0.25, 0.3) is 0 Å². The van der Waals surface area contributed by atoms with E-state index in [9.17, 15) is 9.90 Å². The van der Waals surface area contributed by atoms with Crippen LogP contribution in [0.2, 0.25) is 0 Å². The van der Waals surface area contributed by atoms with Crippen molar-refractivity contribution < 1.29 is 11.3 Å². The van der Waals surface area contributed by atoms with Crippen molar-refractivity contribution >= 4 is 29.4 Å². The molecule has 0 radical (unpaired) electrons. The van der Waals surface area contributed by atoms with Gasteiger partial charge in [0.1, 0.15) is 0 Å². The van der Waals surface area contributed by atoms with E-state index in [-0.39, 0.29) is 12.8 Å². The van der Waals surface area contributed by atoms with Crippen LogP contribution in [0.15, 0.2) is 60.7 Å². The number of carbonyl (C=O) groups excluding carboxylic acids is 1. The van der Waals surface area contributed by atoms with Crippen molar-refractivity contribution in [3.05, 3.63) is 71.8 Å². The van der Waals surface area contributed by atoms with Gasteiger partial charge in [-0.05, 0) is 36.1 Å². The van der Waals surface area contributed by atoms with E-state index in [4.69, 9.17) is 7.10 Å². The minimum Gasteiger partial charge on any atom is -0.393 e. The van der Waals surface area contributed by atoms with E-state index in [0.717, 1.165) is 23.7 Å². The Labute approximate surface area is 172 Å². The van der Waals surface area contributed by atoms with Gasteiger partial charge in [0.05, 0.1) is 13.9 Å². The molecule has 0 saturated carbocycles. The first-order valence-corrected chi connectivity index (χ1v) is 11.4. The number of aliphatic hydroxyl groups is 1. The van der Waals surface area contributed by atoms with Crippen molar-refractivity contribution in [1.29, 1.82) is 0 Å². The summed E-state index contributed by atoms with van der Waals surface area (Å²) in [4.78, 5) is 11.0. The summed E-state index contributed by atoms with van der Waals surface area (Å²) in [5.41, 5.74) is 7.74. The fourth-order valence-corrected chi connectivity index (χ4v) is 5.06. The van der Waals surface area contributed by atoms with E-state index in [1.54, 1.807) is 0 Å². The summed E-state index contributed by atoms with van der Waals surface area (Å²) in [7, 11) is 0. The van der Waals surface area contributed by atoms with Crippen LogP contribution in [-0.2, 0) is 16.3 Å². The predicted octanol–water partition coefficient (Wildman–Crippen LogP) is 4.63. The normalized spacial score (nSPS) is 14.9.